The molecule has 0 saturated heterocycles. The van der Waals surface area contributed by atoms with E-state index in [9.17, 15) is 0 Å². The van der Waals surface area contributed by atoms with E-state index < -0.39 is 0 Å². The van der Waals surface area contributed by atoms with Crippen molar-refractivity contribution < 1.29 is 0 Å². The zero-order valence-corrected chi connectivity index (χ0v) is 13.4. The highest BCUT2D eigenvalue weighted by Gasteiger charge is 2.06. The molecule has 6 heteroatoms. The van der Waals surface area contributed by atoms with Gasteiger partial charge in [0.05, 0.1) is 0 Å². The highest BCUT2D eigenvalue weighted by atomic mass is 14.9. The first-order valence-electron chi connectivity index (χ1n) is 8.06. The number of nitrogens with two attached hydrogens (primary N) is 4. The third-order valence-corrected chi connectivity index (χ3v) is 3.47. The van der Waals surface area contributed by atoms with Crippen molar-refractivity contribution in [2.45, 2.75) is 24.9 Å². The molecule has 0 aliphatic rings. The zero-order valence-electron chi connectivity index (χ0n) is 13.4. The SMILES string of the molecule is NCCNCC(N)Cc1ccc(CC(N)CNCCN)cc1. The Labute approximate surface area is 134 Å². The van der Waals surface area contributed by atoms with Crippen molar-refractivity contribution in [3.05, 3.63) is 35.4 Å². The highest BCUT2D eigenvalue weighted by Crippen LogP contribution is 2.08. The summed E-state index contributed by atoms with van der Waals surface area (Å²) in [5.41, 5.74) is 25.6. The first-order chi connectivity index (χ1) is 10.7. The third kappa shape index (κ3) is 8.43. The minimum absolute atomic E-state index is 0.111. The lowest BCUT2D eigenvalue weighted by molar-refractivity contribution is 0.575. The summed E-state index contributed by atoms with van der Waals surface area (Å²) in [6.45, 7) is 4.47. The van der Waals surface area contributed by atoms with E-state index >= 15 is 0 Å². The Morgan fingerprint density at radius 2 is 1.09 bits per heavy atom. The van der Waals surface area contributed by atoms with E-state index in [-0.39, 0.29) is 12.1 Å². The summed E-state index contributed by atoms with van der Waals surface area (Å²) in [5, 5.41) is 6.47. The van der Waals surface area contributed by atoms with Crippen LogP contribution in [0.3, 0.4) is 0 Å². The monoisotopic (exact) mass is 308 g/mol. The molecule has 2 unspecified atom stereocenters. The molecule has 0 fully saturated rings. The van der Waals surface area contributed by atoms with Gasteiger partial charge < -0.3 is 33.6 Å². The van der Waals surface area contributed by atoms with Crippen LogP contribution in [0.4, 0.5) is 0 Å². The van der Waals surface area contributed by atoms with Crippen LogP contribution in [0.15, 0.2) is 24.3 Å². The molecule has 0 saturated carbocycles. The second-order valence-electron chi connectivity index (χ2n) is 5.73. The van der Waals surface area contributed by atoms with E-state index in [0.29, 0.717) is 13.1 Å². The number of rotatable bonds is 12. The van der Waals surface area contributed by atoms with Gasteiger partial charge >= 0.3 is 0 Å². The number of hydrogen-bond donors (Lipinski definition) is 6. The van der Waals surface area contributed by atoms with Crippen LogP contribution in [0.25, 0.3) is 0 Å². The molecule has 1 rings (SSSR count). The summed E-state index contributed by atoms with van der Waals surface area (Å²) < 4.78 is 0. The van der Waals surface area contributed by atoms with Gasteiger partial charge in [0, 0.05) is 51.4 Å². The third-order valence-electron chi connectivity index (χ3n) is 3.47. The fraction of sp³-hybridized carbons (Fsp3) is 0.625. The Bertz CT molecular complexity index is 344. The molecule has 0 aromatic heterocycles. The maximum atomic E-state index is 6.09. The molecule has 0 heterocycles. The Kier molecular flexibility index (Phi) is 9.98. The van der Waals surface area contributed by atoms with Gasteiger partial charge in [-0.05, 0) is 24.0 Å². The first kappa shape index (κ1) is 19.0. The van der Waals surface area contributed by atoms with Crippen LogP contribution in [0.2, 0.25) is 0 Å². The van der Waals surface area contributed by atoms with Gasteiger partial charge in [-0.3, -0.25) is 0 Å². The van der Waals surface area contributed by atoms with Crippen LogP contribution in [-0.2, 0) is 12.8 Å². The second kappa shape index (κ2) is 11.5. The molecule has 22 heavy (non-hydrogen) atoms. The van der Waals surface area contributed by atoms with Crippen LogP contribution in [0.5, 0.6) is 0 Å². The van der Waals surface area contributed by atoms with E-state index in [4.69, 9.17) is 22.9 Å². The van der Waals surface area contributed by atoms with Crippen LogP contribution in [0, 0.1) is 0 Å². The van der Waals surface area contributed by atoms with Crippen molar-refractivity contribution >= 4 is 0 Å². The molecule has 0 spiro atoms. The molecular weight excluding hydrogens is 276 g/mol. The van der Waals surface area contributed by atoms with Crippen molar-refractivity contribution in [1.29, 1.82) is 0 Å². The number of hydrogen-bond acceptors (Lipinski definition) is 6. The van der Waals surface area contributed by atoms with E-state index in [1.807, 2.05) is 0 Å². The summed E-state index contributed by atoms with van der Waals surface area (Å²) in [6, 6.07) is 8.77. The summed E-state index contributed by atoms with van der Waals surface area (Å²) in [7, 11) is 0. The van der Waals surface area contributed by atoms with Gasteiger partial charge in [-0.25, -0.2) is 0 Å². The van der Waals surface area contributed by atoms with E-state index in [2.05, 4.69) is 34.9 Å². The largest absolute Gasteiger partial charge is 0.329 e. The molecule has 2 atom stereocenters. The predicted octanol–water partition coefficient (Wildman–Crippen LogP) is -1.48. The van der Waals surface area contributed by atoms with Crippen molar-refractivity contribution in [2.24, 2.45) is 22.9 Å². The molecule has 0 aliphatic carbocycles. The summed E-state index contributed by atoms with van der Waals surface area (Å²) >= 11 is 0. The quantitative estimate of drug-likeness (QED) is 0.261. The van der Waals surface area contributed by atoms with Gasteiger partial charge in [0.2, 0.25) is 0 Å². The lowest BCUT2D eigenvalue weighted by atomic mass is 10.0. The van der Waals surface area contributed by atoms with Crippen LogP contribution < -0.4 is 33.6 Å². The van der Waals surface area contributed by atoms with Gasteiger partial charge in [0.15, 0.2) is 0 Å². The van der Waals surface area contributed by atoms with E-state index in [1.54, 1.807) is 0 Å². The Morgan fingerprint density at radius 1 is 0.727 bits per heavy atom. The predicted molar refractivity (Wildman–Crippen MR) is 93.6 cm³/mol. The van der Waals surface area contributed by atoms with Gasteiger partial charge in [0.25, 0.3) is 0 Å². The molecule has 10 N–H and O–H groups in total. The summed E-state index contributed by atoms with van der Waals surface area (Å²) in [5.74, 6) is 0. The van der Waals surface area contributed by atoms with Crippen molar-refractivity contribution in [1.82, 2.24) is 10.6 Å². The van der Waals surface area contributed by atoms with Crippen molar-refractivity contribution in [2.75, 3.05) is 39.3 Å². The minimum Gasteiger partial charge on any atom is -0.329 e. The van der Waals surface area contributed by atoms with E-state index in [1.165, 1.54) is 11.1 Å². The van der Waals surface area contributed by atoms with E-state index in [0.717, 1.165) is 39.0 Å². The molecule has 6 nitrogen and oxygen atoms in total. The topological polar surface area (TPSA) is 128 Å². The van der Waals surface area contributed by atoms with Crippen molar-refractivity contribution in [3.63, 3.8) is 0 Å². The average molecular weight is 308 g/mol. The highest BCUT2D eigenvalue weighted by molar-refractivity contribution is 5.24. The van der Waals surface area contributed by atoms with Crippen LogP contribution in [0.1, 0.15) is 11.1 Å². The molecule has 1 aromatic rings. The number of benzene rings is 1. The van der Waals surface area contributed by atoms with Gasteiger partial charge in [-0.2, -0.15) is 0 Å². The molecule has 0 bridgehead atoms. The minimum atomic E-state index is 0.111. The average Bonchev–Trinajstić information content (AvgIpc) is 2.50. The number of nitrogens with one attached hydrogen (secondary N) is 2. The van der Waals surface area contributed by atoms with Crippen LogP contribution in [-0.4, -0.2) is 51.4 Å². The normalized spacial score (nSPS) is 14.0. The molecule has 0 amide bonds. The van der Waals surface area contributed by atoms with Crippen LogP contribution >= 0.6 is 0 Å². The first-order valence-corrected chi connectivity index (χ1v) is 8.06. The Hall–Kier alpha value is -1.02. The second-order valence-corrected chi connectivity index (χ2v) is 5.73. The lowest BCUT2D eigenvalue weighted by Gasteiger charge is -2.14. The van der Waals surface area contributed by atoms with Gasteiger partial charge in [0.1, 0.15) is 0 Å². The lowest BCUT2D eigenvalue weighted by Crippen LogP contribution is -2.37. The van der Waals surface area contributed by atoms with Crippen molar-refractivity contribution in [3.8, 4) is 0 Å². The van der Waals surface area contributed by atoms with Gasteiger partial charge in [-0.1, -0.05) is 24.3 Å². The molecule has 1 aromatic carbocycles. The smallest absolute Gasteiger partial charge is 0.0206 e. The summed E-state index contributed by atoms with van der Waals surface area (Å²) in [4.78, 5) is 0. The molecule has 126 valence electrons. The molecular formula is C16H32N6. The van der Waals surface area contributed by atoms with Gasteiger partial charge in [-0.15, -0.1) is 0 Å². The maximum absolute atomic E-state index is 6.09. The fourth-order valence-electron chi connectivity index (χ4n) is 2.34. The zero-order chi connectivity index (χ0) is 16.2. The molecule has 0 aliphatic heterocycles. The Morgan fingerprint density at radius 3 is 1.41 bits per heavy atom. The maximum Gasteiger partial charge on any atom is 0.0206 e. The Balaban J connectivity index is 2.32. The summed E-state index contributed by atoms with van der Waals surface area (Å²) in [6.07, 6.45) is 1.73. The standard InChI is InChI=1S/C16H32N6/c17-5-7-21-11-15(19)9-13-1-2-14(4-3-13)10-16(20)12-22-8-6-18/h1-4,15-16,21-22H,5-12,17-20H2. The molecule has 0 radical (unpaired) electrons. The fourth-order valence-corrected chi connectivity index (χ4v) is 2.34.